The van der Waals surface area contributed by atoms with E-state index in [1.807, 2.05) is 20.8 Å². The second kappa shape index (κ2) is 8.05. The molecule has 0 spiro atoms. The van der Waals surface area contributed by atoms with Crippen molar-refractivity contribution in [1.82, 2.24) is 29.3 Å². The largest absolute Gasteiger partial charge is 0.310 e. The maximum atomic E-state index is 13.0. The highest BCUT2D eigenvalue weighted by Gasteiger charge is 2.29. The lowest BCUT2D eigenvalue weighted by Gasteiger charge is -2.14. The van der Waals surface area contributed by atoms with Crippen LogP contribution in [0.15, 0.2) is 33.1 Å². The van der Waals surface area contributed by atoms with Gasteiger partial charge >= 0.3 is 0 Å². The first-order valence-corrected chi connectivity index (χ1v) is 11.2. The number of hydrogen-bond acceptors (Lipinski definition) is 7. The van der Waals surface area contributed by atoms with E-state index in [0.29, 0.717) is 28.0 Å². The Morgan fingerprint density at radius 1 is 1.28 bits per heavy atom. The zero-order chi connectivity index (χ0) is 23.2. The van der Waals surface area contributed by atoms with E-state index in [-0.39, 0.29) is 40.9 Å². The van der Waals surface area contributed by atoms with Crippen LogP contribution in [0.2, 0.25) is 0 Å². The molecule has 3 aromatic rings. The van der Waals surface area contributed by atoms with Gasteiger partial charge in [-0.15, -0.1) is 0 Å². The van der Waals surface area contributed by atoms with Gasteiger partial charge in [0.05, 0.1) is 11.7 Å². The fraction of sp³-hybridized carbons (Fsp3) is 0.429. The number of fused-ring (bicyclic) bond motifs is 1. The van der Waals surface area contributed by atoms with Gasteiger partial charge in [-0.25, -0.2) is 9.97 Å². The molecule has 1 aliphatic heterocycles. The van der Waals surface area contributed by atoms with E-state index in [4.69, 9.17) is 0 Å². The minimum atomic E-state index is -0.306. The Labute approximate surface area is 188 Å². The molecule has 2 N–H and O–H groups in total. The van der Waals surface area contributed by atoms with Crippen molar-refractivity contribution in [2.45, 2.75) is 57.7 Å². The van der Waals surface area contributed by atoms with Gasteiger partial charge in [0.2, 0.25) is 11.9 Å². The average molecular weight is 456 g/mol. The summed E-state index contributed by atoms with van der Waals surface area (Å²) in [5.74, 6) is 0.944. The Balaban J connectivity index is 1.64. The Hall–Kier alpha value is -3.21. The second-order valence-corrected chi connectivity index (χ2v) is 9.89. The summed E-state index contributed by atoms with van der Waals surface area (Å²) in [5.41, 5.74) is 1.10. The number of nitrogens with one attached hydrogen (secondary N) is 2. The van der Waals surface area contributed by atoms with Crippen molar-refractivity contribution in [3.63, 3.8) is 0 Å². The molecular weight excluding hydrogens is 430 g/mol. The van der Waals surface area contributed by atoms with Gasteiger partial charge in [0, 0.05) is 47.2 Å². The van der Waals surface area contributed by atoms with Crippen LogP contribution in [0.4, 0.5) is 5.82 Å². The van der Waals surface area contributed by atoms with Crippen LogP contribution in [0.25, 0.3) is 5.95 Å². The summed E-state index contributed by atoms with van der Waals surface area (Å²) in [5, 5.41) is 8.09. The fourth-order valence-electron chi connectivity index (χ4n) is 3.44. The van der Waals surface area contributed by atoms with Crippen molar-refractivity contribution in [3.8, 4) is 5.95 Å². The zero-order valence-electron chi connectivity index (χ0n) is 18.6. The van der Waals surface area contributed by atoms with Crippen molar-refractivity contribution in [1.29, 1.82) is 0 Å². The molecule has 0 fully saturated rings. The number of carbonyl (C=O) groups is 1. The number of thioether (sulfide) groups is 1. The molecule has 1 aliphatic rings. The number of aryl methyl sites for hydroxylation is 2. The Morgan fingerprint density at radius 3 is 2.72 bits per heavy atom. The maximum absolute atomic E-state index is 13.0. The summed E-state index contributed by atoms with van der Waals surface area (Å²) in [4.78, 5) is 48.8. The number of aromatic nitrogens is 6. The molecule has 0 radical (unpaired) electrons. The molecule has 1 unspecified atom stereocenters. The third-order valence-electron chi connectivity index (χ3n) is 5.12. The van der Waals surface area contributed by atoms with E-state index >= 15 is 0 Å². The molecule has 3 aromatic heterocycles. The van der Waals surface area contributed by atoms with Gasteiger partial charge in [0.15, 0.2) is 5.16 Å². The first-order chi connectivity index (χ1) is 15.0. The highest BCUT2D eigenvalue weighted by atomic mass is 32.2. The van der Waals surface area contributed by atoms with Gasteiger partial charge < -0.3 is 5.32 Å². The van der Waals surface area contributed by atoms with E-state index in [2.05, 4.69) is 25.4 Å². The number of rotatable bonds is 4. The first kappa shape index (κ1) is 22.0. The molecule has 10 nitrogen and oxygen atoms in total. The molecule has 0 saturated carbocycles. The fourth-order valence-corrected chi connectivity index (χ4v) is 4.55. The highest BCUT2D eigenvalue weighted by Crippen LogP contribution is 2.32. The van der Waals surface area contributed by atoms with Crippen molar-refractivity contribution >= 4 is 23.5 Å². The van der Waals surface area contributed by atoms with Crippen LogP contribution >= 0.6 is 11.8 Å². The van der Waals surface area contributed by atoms with E-state index in [1.54, 1.807) is 30.7 Å². The van der Waals surface area contributed by atoms with Crippen molar-refractivity contribution in [2.75, 3.05) is 11.1 Å². The molecule has 1 amide bonds. The number of anilines is 1. The van der Waals surface area contributed by atoms with Gasteiger partial charge in [-0.05, 0) is 13.8 Å². The summed E-state index contributed by atoms with van der Waals surface area (Å²) < 4.78 is 3.03. The smallest absolute Gasteiger partial charge is 0.257 e. The number of carbonyl (C=O) groups excluding carboxylic acids is 1. The van der Waals surface area contributed by atoms with Crippen LogP contribution in [0.1, 0.15) is 50.2 Å². The average Bonchev–Trinajstić information content (AvgIpc) is 3.28. The van der Waals surface area contributed by atoms with Gasteiger partial charge in [-0.1, -0.05) is 32.5 Å². The van der Waals surface area contributed by atoms with E-state index in [9.17, 15) is 14.4 Å². The number of amides is 1. The first-order valence-electron chi connectivity index (χ1n) is 10.2. The van der Waals surface area contributed by atoms with Crippen molar-refractivity contribution in [3.05, 3.63) is 56.0 Å². The maximum Gasteiger partial charge on any atom is 0.257 e. The van der Waals surface area contributed by atoms with E-state index < -0.39 is 0 Å². The molecule has 4 rings (SSSR count). The Kier molecular flexibility index (Phi) is 5.53. The zero-order valence-corrected chi connectivity index (χ0v) is 19.4. The van der Waals surface area contributed by atoms with Crippen molar-refractivity contribution < 1.29 is 4.79 Å². The SMILES string of the molecule is Cc1cc(=O)[nH]c(-n2nc(C(C)(C)C)cc2NC(=O)CC2CSc3ncc(C)c(=O)n32)n1. The quantitative estimate of drug-likeness (QED) is 0.577. The summed E-state index contributed by atoms with van der Waals surface area (Å²) in [6.45, 7) is 9.45. The molecular formula is C21H25N7O3S. The third-order valence-corrected chi connectivity index (χ3v) is 6.24. The van der Waals surface area contributed by atoms with Crippen LogP contribution in [0.3, 0.4) is 0 Å². The monoisotopic (exact) mass is 455 g/mol. The Morgan fingerprint density at radius 2 is 2.03 bits per heavy atom. The number of hydrogen-bond donors (Lipinski definition) is 2. The molecule has 0 aromatic carbocycles. The normalized spacial score (nSPS) is 15.6. The minimum absolute atomic E-state index is 0.110. The molecule has 0 bridgehead atoms. The van der Waals surface area contributed by atoms with Crippen LogP contribution in [-0.2, 0) is 10.2 Å². The Bertz CT molecular complexity index is 1320. The van der Waals surface area contributed by atoms with Crippen LogP contribution in [-0.4, -0.2) is 41.0 Å². The third kappa shape index (κ3) is 4.24. The lowest BCUT2D eigenvalue weighted by Crippen LogP contribution is -2.29. The lowest BCUT2D eigenvalue weighted by atomic mass is 9.92. The molecule has 32 heavy (non-hydrogen) atoms. The topological polar surface area (TPSA) is 128 Å². The number of H-pyrrole nitrogens is 1. The summed E-state index contributed by atoms with van der Waals surface area (Å²) >= 11 is 1.46. The molecule has 0 saturated heterocycles. The second-order valence-electron chi connectivity index (χ2n) is 8.90. The summed E-state index contributed by atoms with van der Waals surface area (Å²) in [7, 11) is 0. The van der Waals surface area contributed by atoms with Crippen LogP contribution in [0.5, 0.6) is 0 Å². The van der Waals surface area contributed by atoms with Gasteiger partial charge in [-0.2, -0.15) is 9.78 Å². The van der Waals surface area contributed by atoms with Gasteiger partial charge in [-0.3, -0.25) is 23.9 Å². The molecule has 0 aliphatic carbocycles. The minimum Gasteiger partial charge on any atom is -0.310 e. The lowest BCUT2D eigenvalue weighted by molar-refractivity contribution is -0.116. The molecule has 1 atom stereocenters. The standard InChI is InChI=1S/C21H25N7O3S/c1-11-9-22-20-27(18(11)31)13(10-32-20)7-17(30)24-15-8-14(21(3,4)5)26-28(15)19-23-12(2)6-16(29)25-19/h6,8-9,13H,7,10H2,1-5H3,(H,24,30)(H,23,25,29). The van der Waals surface area contributed by atoms with E-state index in [0.717, 1.165) is 5.69 Å². The predicted molar refractivity (Wildman–Crippen MR) is 122 cm³/mol. The summed E-state index contributed by atoms with van der Waals surface area (Å²) in [6, 6.07) is 2.87. The predicted octanol–water partition coefficient (Wildman–Crippen LogP) is 2.10. The molecule has 11 heteroatoms. The van der Waals surface area contributed by atoms with Crippen molar-refractivity contribution in [2.24, 2.45) is 0 Å². The molecule has 4 heterocycles. The number of nitrogens with zero attached hydrogens (tertiary/aromatic N) is 5. The van der Waals surface area contributed by atoms with Gasteiger partial charge in [0.25, 0.3) is 11.1 Å². The summed E-state index contributed by atoms with van der Waals surface area (Å²) in [6.07, 6.45) is 1.67. The van der Waals surface area contributed by atoms with Gasteiger partial charge in [0.1, 0.15) is 5.82 Å². The molecule has 168 valence electrons. The van der Waals surface area contributed by atoms with Crippen LogP contribution < -0.4 is 16.4 Å². The number of aromatic amines is 1. The van der Waals surface area contributed by atoms with Crippen LogP contribution in [0, 0.1) is 13.8 Å². The highest BCUT2D eigenvalue weighted by molar-refractivity contribution is 7.99. The van der Waals surface area contributed by atoms with E-state index in [1.165, 1.54) is 22.5 Å².